The third-order valence-electron chi connectivity index (χ3n) is 3.99. The van der Waals surface area contributed by atoms with Gasteiger partial charge in [-0.25, -0.2) is 0 Å². The van der Waals surface area contributed by atoms with Gasteiger partial charge in [-0.15, -0.1) is 0 Å². The lowest BCUT2D eigenvalue weighted by Crippen LogP contribution is -2.33. The predicted octanol–water partition coefficient (Wildman–Crippen LogP) is 3.84. The molecule has 0 radical (unpaired) electrons. The van der Waals surface area contributed by atoms with Gasteiger partial charge in [0.15, 0.2) is 0 Å². The normalized spacial score (nSPS) is 12.9. The molecular formula is C20H26N2O2. The van der Waals surface area contributed by atoms with Gasteiger partial charge >= 0.3 is 0 Å². The number of nitrogens with zero attached hydrogens (tertiary/aromatic N) is 1. The van der Waals surface area contributed by atoms with Crippen molar-refractivity contribution in [3.05, 3.63) is 65.6 Å². The lowest BCUT2D eigenvalue weighted by Gasteiger charge is -2.22. The lowest BCUT2D eigenvalue weighted by molar-refractivity contribution is -0.116. The Bertz CT molecular complexity index is 655. The zero-order valence-corrected chi connectivity index (χ0v) is 14.8. The quantitative estimate of drug-likeness (QED) is 0.786. The van der Waals surface area contributed by atoms with E-state index >= 15 is 0 Å². The molecule has 0 aliphatic carbocycles. The molecule has 4 heteroatoms. The fourth-order valence-electron chi connectivity index (χ4n) is 2.44. The number of carbonyl (C=O) groups excluding carboxylic acids is 1. The molecule has 2 rings (SSSR count). The van der Waals surface area contributed by atoms with Crippen molar-refractivity contribution >= 4 is 12.0 Å². The van der Waals surface area contributed by atoms with E-state index in [-0.39, 0.29) is 11.9 Å². The second kappa shape index (κ2) is 8.50. The first kappa shape index (κ1) is 18.0. The van der Waals surface area contributed by atoms with Gasteiger partial charge in [-0.05, 0) is 49.3 Å². The minimum absolute atomic E-state index is 0.0164. The summed E-state index contributed by atoms with van der Waals surface area (Å²) in [6, 6.07) is 12.1. The third-order valence-corrected chi connectivity index (χ3v) is 3.99. The van der Waals surface area contributed by atoms with Crippen LogP contribution in [0.5, 0.6) is 0 Å². The van der Waals surface area contributed by atoms with Gasteiger partial charge < -0.3 is 9.73 Å². The number of nitrogens with one attached hydrogen (secondary N) is 1. The first-order chi connectivity index (χ1) is 11.5. The number of carbonyl (C=O) groups is 1. The average molecular weight is 326 g/mol. The summed E-state index contributed by atoms with van der Waals surface area (Å²) >= 11 is 0. The monoisotopic (exact) mass is 326 g/mol. The van der Waals surface area contributed by atoms with Crippen LogP contribution in [0.3, 0.4) is 0 Å². The van der Waals surface area contributed by atoms with E-state index in [2.05, 4.69) is 31.3 Å². The van der Waals surface area contributed by atoms with Gasteiger partial charge in [0.25, 0.3) is 0 Å². The van der Waals surface area contributed by atoms with Crippen LogP contribution in [0.15, 0.2) is 53.2 Å². The van der Waals surface area contributed by atoms with Crippen molar-refractivity contribution in [2.24, 2.45) is 0 Å². The van der Waals surface area contributed by atoms with E-state index in [9.17, 15) is 4.79 Å². The summed E-state index contributed by atoms with van der Waals surface area (Å²) in [5, 5.41) is 2.92. The molecule has 0 aliphatic rings. The molecule has 0 fully saturated rings. The van der Waals surface area contributed by atoms with Crippen molar-refractivity contribution in [3.63, 3.8) is 0 Å². The van der Waals surface area contributed by atoms with Crippen molar-refractivity contribution in [2.75, 3.05) is 20.6 Å². The maximum absolute atomic E-state index is 12.0. The summed E-state index contributed by atoms with van der Waals surface area (Å²) in [6.45, 7) is 4.83. The number of rotatable bonds is 7. The lowest BCUT2D eigenvalue weighted by atomic mass is 10.0. The van der Waals surface area contributed by atoms with Crippen molar-refractivity contribution in [2.45, 2.75) is 25.8 Å². The van der Waals surface area contributed by atoms with Crippen LogP contribution in [-0.2, 0) is 4.79 Å². The molecule has 0 spiro atoms. The summed E-state index contributed by atoms with van der Waals surface area (Å²) in [7, 11) is 3.93. The maximum Gasteiger partial charge on any atom is 0.244 e. The van der Waals surface area contributed by atoms with E-state index in [0.717, 1.165) is 11.3 Å². The molecule has 24 heavy (non-hydrogen) atoms. The maximum atomic E-state index is 12.0. The van der Waals surface area contributed by atoms with Crippen LogP contribution >= 0.6 is 0 Å². The molecule has 0 aliphatic heterocycles. The molecular weight excluding hydrogens is 300 g/mol. The van der Waals surface area contributed by atoms with Crippen LogP contribution in [0.25, 0.3) is 6.08 Å². The van der Waals surface area contributed by atoms with Crippen LogP contribution in [0, 0.1) is 0 Å². The highest BCUT2D eigenvalue weighted by molar-refractivity contribution is 5.91. The number of furan rings is 1. The summed E-state index contributed by atoms with van der Waals surface area (Å²) in [5.41, 5.74) is 2.31. The minimum Gasteiger partial charge on any atom is -0.468 e. The third kappa shape index (κ3) is 5.10. The van der Waals surface area contributed by atoms with Crippen LogP contribution in [0.4, 0.5) is 0 Å². The summed E-state index contributed by atoms with van der Waals surface area (Å²) in [4.78, 5) is 14.1. The van der Waals surface area contributed by atoms with E-state index in [1.165, 1.54) is 5.56 Å². The van der Waals surface area contributed by atoms with Crippen molar-refractivity contribution < 1.29 is 9.21 Å². The molecule has 0 bridgehead atoms. The number of benzene rings is 1. The van der Waals surface area contributed by atoms with Gasteiger partial charge in [0.05, 0.1) is 12.3 Å². The summed E-state index contributed by atoms with van der Waals surface area (Å²) in [6.07, 6.45) is 5.05. The Morgan fingerprint density at radius 2 is 1.92 bits per heavy atom. The van der Waals surface area contributed by atoms with Gasteiger partial charge in [0, 0.05) is 12.6 Å². The predicted molar refractivity (Wildman–Crippen MR) is 97.7 cm³/mol. The minimum atomic E-state index is -0.110. The first-order valence-corrected chi connectivity index (χ1v) is 8.23. The second-order valence-corrected chi connectivity index (χ2v) is 6.39. The zero-order valence-electron chi connectivity index (χ0n) is 14.8. The van der Waals surface area contributed by atoms with Crippen molar-refractivity contribution in [3.8, 4) is 0 Å². The topological polar surface area (TPSA) is 45.5 Å². The SMILES string of the molecule is CC(C)c1ccc(/C=C/C(=O)NCC(c2ccco2)N(C)C)cc1. The molecule has 1 aromatic carbocycles. The molecule has 0 saturated heterocycles. The number of hydrogen-bond acceptors (Lipinski definition) is 3. The summed E-state index contributed by atoms with van der Waals surface area (Å²) in [5.74, 6) is 1.24. The Balaban J connectivity index is 1.90. The van der Waals surface area contributed by atoms with E-state index in [1.54, 1.807) is 12.3 Å². The number of amides is 1. The molecule has 0 saturated carbocycles. The number of likely N-dealkylation sites (N-methyl/N-ethyl adjacent to an activating group) is 1. The first-order valence-electron chi connectivity index (χ1n) is 8.23. The molecule has 1 heterocycles. The molecule has 128 valence electrons. The van der Waals surface area contributed by atoms with Gasteiger partial charge in [0.1, 0.15) is 5.76 Å². The molecule has 1 unspecified atom stereocenters. The Labute approximate surface area is 144 Å². The van der Waals surface area contributed by atoms with Crippen molar-refractivity contribution in [1.29, 1.82) is 0 Å². The Morgan fingerprint density at radius 3 is 2.46 bits per heavy atom. The summed E-state index contributed by atoms with van der Waals surface area (Å²) < 4.78 is 5.44. The molecule has 1 N–H and O–H groups in total. The highest BCUT2D eigenvalue weighted by Gasteiger charge is 2.17. The molecule has 4 nitrogen and oxygen atoms in total. The highest BCUT2D eigenvalue weighted by Crippen LogP contribution is 2.17. The van der Waals surface area contributed by atoms with E-state index < -0.39 is 0 Å². The van der Waals surface area contributed by atoms with Crippen LogP contribution in [0.1, 0.15) is 42.7 Å². The van der Waals surface area contributed by atoms with Gasteiger partial charge in [-0.1, -0.05) is 38.1 Å². The Kier molecular flexibility index (Phi) is 6.38. The van der Waals surface area contributed by atoms with Gasteiger partial charge in [-0.3, -0.25) is 9.69 Å². The largest absolute Gasteiger partial charge is 0.468 e. The van der Waals surface area contributed by atoms with Gasteiger partial charge in [-0.2, -0.15) is 0 Å². The Morgan fingerprint density at radius 1 is 1.21 bits per heavy atom. The smallest absolute Gasteiger partial charge is 0.244 e. The molecule has 1 aromatic heterocycles. The standard InChI is InChI=1S/C20H26N2O2/c1-15(2)17-10-7-16(8-11-17)9-12-20(23)21-14-18(22(3)4)19-6-5-13-24-19/h5-13,15,18H,14H2,1-4H3,(H,21,23)/b12-9+. The highest BCUT2D eigenvalue weighted by atomic mass is 16.3. The van der Waals surface area contributed by atoms with E-state index in [4.69, 9.17) is 4.42 Å². The van der Waals surface area contributed by atoms with Crippen LogP contribution in [0.2, 0.25) is 0 Å². The molecule has 2 aromatic rings. The molecule has 1 atom stereocenters. The van der Waals surface area contributed by atoms with E-state index in [0.29, 0.717) is 12.5 Å². The fourth-order valence-corrected chi connectivity index (χ4v) is 2.44. The van der Waals surface area contributed by atoms with Crippen LogP contribution < -0.4 is 5.32 Å². The second-order valence-electron chi connectivity index (χ2n) is 6.39. The number of hydrogen-bond donors (Lipinski definition) is 1. The average Bonchev–Trinajstić information content (AvgIpc) is 3.07. The fraction of sp³-hybridized carbons (Fsp3) is 0.350. The van der Waals surface area contributed by atoms with E-state index in [1.807, 2.05) is 49.3 Å². The van der Waals surface area contributed by atoms with Crippen molar-refractivity contribution in [1.82, 2.24) is 10.2 Å². The van der Waals surface area contributed by atoms with Gasteiger partial charge in [0.2, 0.25) is 5.91 Å². The van der Waals surface area contributed by atoms with Crippen LogP contribution in [-0.4, -0.2) is 31.4 Å². The molecule has 1 amide bonds. The zero-order chi connectivity index (χ0) is 17.5. The Hall–Kier alpha value is -2.33.